The minimum atomic E-state index is -1.80. The van der Waals surface area contributed by atoms with E-state index in [9.17, 15) is 14.1 Å². The summed E-state index contributed by atoms with van der Waals surface area (Å²) < 4.78 is 19.4. The third kappa shape index (κ3) is 2.46. The van der Waals surface area contributed by atoms with Crippen LogP contribution in [0.1, 0.15) is 38.5 Å². The van der Waals surface area contributed by atoms with Gasteiger partial charge in [-0.25, -0.2) is 4.21 Å². The van der Waals surface area contributed by atoms with Gasteiger partial charge in [-0.15, -0.1) is 0 Å². The molecule has 2 aliphatic carbocycles. The van der Waals surface area contributed by atoms with E-state index < -0.39 is 22.6 Å². The molecule has 0 bridgehead atoms. The van der Waals surface area contributed by atoms with Crippen molar-refractivity contribution in [2.24, 2.45) is 23.5 Å². The zero-order valence-electron chi connectivity index (χ0n) is 10.4. The molecule has 0 amide bonds. The van der Waals surface area contributed by atoms with Crippen molar-refractivity contribution in [3.8, 4) is 0 Å². The van der Waals surface area contributed by atoms with Gasteiger partial charge in [-0.1, -0.05) is 12.8 Å². The van der Waals surface area contributed by atoms with Crippen molar-refractivity contribution in [3.05, 3.63) is 0 Å². The first kappa shape index (κ1) is 14.0. The molecule has 5 atom stereocenters. The molecule has 0 aromatic heterocycles. The van der Waals surface area contributed by atoms with Gasteiger partial charge >= 0.3 is 5.97 Å². The Balaban J connectivity index is 2.06. The van der Waals surface area contributed by atoms with Gasteiger partial charge in [0.1, 0.15) is 5.54 Å². The quantitative estimate of drug-likeness (QED) is 0.655. The standard InChI is InChI=1S/C12H21NO4S/c13-12(11(14)15)7-8-3-1-4-9(8)10(12)5-2-6-18(16)17/h8-10H,1-7,13H2,(H,14,15)(H,16,17). The number of hydrogen-bond acceptors (Lipinski definition) is 3. The van der Waals surface area contributed by atoms with E-state index in [1.54, 1.807) is 0 Å². The predicted octanol–water partition coefficient (Wildman–Crippen LogP) is 1.21. The number of carboxylic acids is 1. The van der Waals surface area contributed by atoms with Gasteiger partial charge in [-0.2, -0.15) is 0 Å². The van der Waals surface area contributed by atoms with Gasteiger partial charge in [0.25, 0.3) is 0 Å². The Morgan fingerprint density at radius 3 is 2.78 bits per heavy atom. The Labute approximate surface area is 109 Å². The van der Waals surface area contributed by atoms with E-state index in [2.05, 4.69) is 0 Å². The van der Waals surface area contributed by atoms with Crippen molar-refractivity contribution in [2.75, 3.05) is 5.75 Å². The van der Waals surface area contributed by atoms with E-state index in [1.165, 1.54) is 0 Å². The van der Waals surface area contributed by atoms with Crippen LogP contribution < -0.4 is 5.73 Å². The topological polar surface area (TPSA) is 101 Å². The fourth-order valence-corrected chi connectivity index (χ4v) is 4.37. The van der Waals surface area contributed by atoms with Gasteiger partial charge in [0, 0.05) is 5.75 Å². The van der Waals surface area contributed by atoms with Gasteiger partial charge in [0.05, 0.1) is 0 Å². The Kier molecular flexibility index (Phi) is 4.08. The lowest BCUT2D eigenvalue weighted by atomic mass is 9.79. The summed E-state index contributed by atoms with van der Waals surface area (Å²) in [5, 5.41) is 9.37. The molecule has 0 radical (unpaired) electrons. The van der Waals surface area contributed by atoms with Gasteiger partial charge in [0.2, 0.25) is 0 Å². The Bertz CT molecular complexity index is 362. The van der Waals surface area contributed by atoms with Crippen LogP contribution in [0.5, 0.6) is 0 Å². The van der Waals surface area contributed by atoms with Gasteiger partial charge in [-0.05, 0) is 43.4 Å². The highest BCUT2D eigenvalue weighted by Gasteiger charge is 2.56. The molecule has 4 N–H and O–H groups in total. The highest BCUT2D eigenvalue weighted by atomic mass is 32.2. The Morgan fingerprint density at radius 1 is 1.44 bits per heavy atom. The molecule has 2 aliphatic rings. The van der Waals surface area contributed by atoms with Crippen LogP contribution in [0.15, 0.2) is 0 Å². The number of hydrogen-bond donors (Lipinski definition) is 3. The van der Waals surface area contributed by atoms with Crippen LogP contribution >= 0.6 is 0 Å². The van der Waals surface area contributed by atoms with E-state index in [1.807, 2.05) is 0 Å². The summed E-state index contributed by atoms with van der Waals surface area (Å²) in [6, 6.07) is 0. The van der Waals surface area contributed by atoms with E-state index in [0.717, 1.165) is 19.3 Å². The van der Waals surface area contributed by atoms with Crippen molar-refractivity contribution in [1.29, 1.82) is 0 Å². The molecule has 0 spiro atoms. The highest BCUT2D eigenvalue weighted by Crippen LogP contribution is 2.53. The lowest BCUT2D eigenvalue weighted by Gasteiger charge is -2.30. The number of carboxylic acid groups (broad SMARTS) is 1. The summed E-state index contributed by atoms with van der Waals surface area (Å²) in [4.78, 5) is 11.4. The molecule has 0 aromatic rings. The van der Waals surface area contributed by atoms with Gasteiger partial charge in [-0.3, -0.25) is 4.79 Å². The summed E-state index contributed by atoms with van der Waals surface area (Å²) in [6.45, 7) is 0. The van der Waals surface area contributed by atoms with E-state index in [-0.39, 0.29) is 11.7 Å². The minimum absolute atomic E-state index is 0.0361. The Hall–Kier alpha value is -0.460. The first-order valence-electron chi connectivity index (χ1n) is 6.55. The third-order valence-corrected chi connectivity index (χ3v) is 5.37. The number of rotatable bonds is 5. The minimum Gasteiger partial charge on any atom is -0.480 e. The van der Waals surface area contributed by atoms with Crippen LogP contribution in [-0.4, -0.2) is 31.1 Å². The van der Waals surface area contributed by atoms with Gasteiger partial charge in [0.15, 0.2) is 11.1 Å². The summed E-state index contributed by atoms with van der Waals surface area (Å²) in [6.07, 6.45) is 5.09. The van der Waals surface area contributed by atoms with Crippen molar-refractivity contribution in [2.45, 2.75) is 44.1 Å². The molecule has 18 heavy (non-hydrogen) atoms. The molecule has 0 aromatic carbocycles. The summed E-state index contributed by atoms with van der Waals surface area (Å²) in [7, 11) is 0. The third-order valence-electron chi connectivity index (χ3n) is 4.73. The SMILES string of the molecule is NC1(C(=O)O)CC2CCCC2C1CCCS(=O)O. The van der Waals surface area contributed by atoms with Crippen LogP contribution in [0.4, 0.5) is 0 Å². The van der Waals surface area contributed by atoms with E-state index >= 15 is 0 Å². The summed E-state index contributed by atoms with van der Waals surface area (Å²) in [5.41, 5.74) is 5.00. The second-order valence-corrected chi connectivity index (χ2v) is 6.73. The molecule has 104 valence electrons. The van der Waals surface area contributed by atoms with Crippen LogP contribution in [0.2, 0.25) is 0 Å². The zero-order chi connectivity index (χ0) is 13.3. The Morgan fingerprint density at radius 2 is 2.17 bits per heavy atom. The average Bonchev–Trinajstić information content (AvgIpc) is 2.79. The van der Waals surface area contributed by atoms with Crippen molar-refractivity contribution in [1.82, 2.24) is 0 Å². The number of nitrogens with two attached hydrogens (primary N) is 1. The maximum absolute atomic E-state index is 11.4. The largest absolute Gasteiger partial charge is 0.480 e. The van der Waals surface area contributed by atoms with Crippen LogP contribution in [0, 0.1) is 17.8 Å². The first-order chi connectivity index (χ1) is 8.45. The normalized spacial score (nSPS) is 40.7. The molecule has 2 rings (SSSR count). The molecule has 6 heteroatoms. The second-order valence-electron chi connectivity index (χ2n) is 5.68. The lowest BCUT2D eigenvalue weighted by Crippen LogP contribution is -2.52. The summed E-state index contributed by atoms with van der Waals surface area (Å²) >= 11 is -1.80. The number of aliphatic carboxylic acids is 1. The molecular weight excluding hydrogens is 254 g/mol. The molecule has 2 fully saturated rings. The predicted molar refractivity (Wildman–Crippen MR) is 68.4 cm³/mol. The van der Waals surface area contributed by atoms with Crippen molar-refractivity contribution >= 4 is 17.0 Å². The highest BCUT2D eigenvalue weighted by molar-refractivity contribution is 7.79. The number of fused-ring (bicyclic) bond motifs is 1. The second kappa shape index (κ2) is 5.27. The van der Waals surface area contributed by atoms with Gasteiger partial charge < -0.3 is 15.4 Å². The summed E-state index contributed by atoms with van der Waals surface area (Å²) in [5.74, 6) is 0.107. The molecule has 0 aliphatic heterocycles. The molecule has 0 heterocycles. The average molecular weight is 275 g/mol. The maximum Gasteiger partial charge on any atom is 0.323 e. The van der Waals surface area contributed by atoms with E-state index in [0.29, 0.717) is 31.1 Å². The lowest BCUT2D eigenvalue weighted by molar-refractivity contribution is -0.145. The molecule has 0 saturated heterocycles. The van der Waals surface area contributed by atoms with Crippen molar-refractivity contribution < 1.29 is 18.7 Å². The zero-order valence-corrected chi connectivity index (χ0v) is 11.2. The number of carbonyl (C=O) groups is 1. The molecule has 5 unspecified atom stereocenters. The van der Waals surface area contributed by atoms with Crippen molar-refractivity contribution in [3.63, 3.8) is 0 Å². The smallest absolute Gasteiger partial charge is 0.323 e. The van der Waals surface area contributed by atoms with E-state index in [4.69, 9.17) is 10.3 Å². The molecule has 5 nitrogen and oxygen atoms in total. The van der Waals surface area contributed by atoms with Crippen LogP contribution in [-0.2, 0) is 15.9 Å². The maximum atomic E-state index is 11.4. The van der Waals surface area contributed by atoms with Crippen LogP contribution in [0.25, 0.3) is 0 Å². The molecular formula is C12H21NO4S. The first-order valence-corrected chi connectivity index (χ1v) is 7.82. The fourth-order valence-electron chi connectivity index (χ4n) is 3.96. The van der Waals surface area contributed by atoms with Crippen LogP contribution in [0.3, 0.4) is 0 Å². The fraction of sp³-hybridized carbons (Fsp3) is 0.917. The monoisotopic (exact) mass is 275 g/mol. The molecule has 2 saturated carbocycles.